The highest BCUT2D eigenvalue weighted by molar-refractivity contribution is 9.10. The molecule has 0 aliphatic carbocycles. The molecule has 0 bridgehead atoms. The Kier molecular flexibility index (Phi) is 4.28. The summed E-state index contributed by atoms with van der Waals surface area (Å²) in [5.74, 6) is 2.24. The minimum atomic E-state index is -4.77. The highest BCUT2D eigenvalue weighted by Crippen LogP contribution is 2.33. The average molecular weight is 367 g/mol. The molecule has 1 aromatic heterocycles. The Bertz CT molecular complexity index is 665. The van der Waals surface area contributed by atoms with Gasteiger partial charge >= 0.3 is 6.18 Å². The summed E-state index contributed by atoms with van der Waals surface area (Å²) in [6.45, 7) is 0. The van der Waals surface area contributed by atoms with Crippen molar-refractivity contribution in [2.45, 2.75) is 6.18 Å². The Morgan fingerprint density at radius 3 is 2.52 bits per heavy atom. The maximum atomic E-state index is 13.1. The lowest BCUT2D eigenvalue weighted by atomic mass is 10.3. The van der Waals surface area contributed by atoms with E-state index in [0.29, 0.717) is 4.47 Å². The fourth-order valence-corrected chi connectivity index (χ4v) is 1.67. The molecule has 2 rings (SSSR count). The molecule has 3 N–H and O–H groups in total. The number of nitrogens with one attached hydrogen (secondary N) is 1. The number of alkyl halides is 3. The van der Waals surface area contributed by atoms with Crippen molar-refractivity contribution in [2.24, 2.45) is 5.84 Å². The first kappa shape index (κ1) is 15.4. The van der Waals surface area contributed by atoms with Gasteiger partial charge in [0.1, 0.15) is 17.4 Å². The van der Waals surface area contributed by atoms with Gasteiger partial charge in [-0.2, -0.15) is 18.2 Å². The lowest BCUT2D eigenvalue weighted by Gasteiger charge is -2.11. The first-order chi connectivity index (χ1) is 9.79. The Hall–Kier alpha value is -1.94. The van der Waals surface area contributed by atoms with Crippen LogP contribution < -0.4 is 16.0 Å². The second-order valence-electron chi connectivity index (χ2n) is 3.73. The molecule has 112 valence electrons. The summed E-state index contributed by atoms with van der Waals surface area (Å²) in [4.78, 5) is 6.39. The molecular weight excluding hydrogens is 360 g/mol. The molecule has 0 spiro atoms. The SMILES string of the molecule is NNc1cc(Oc2cc(F)ccc2Br)nc(C(F)(F)F)n1. The summed E-state index contributed by atoms with van der Waals surface area (Å²) in [7, 11) is 0. The average Bonchev–Trinajstić information content (AvgIpc) is 2.41. The molecule has 1 heterocycles. The highest BCUT2D eigenvalue weighted by Gasteiger charge is 2.35. The number of rotatable bonds is 3. The van der Waals surface area contributed by atoms with Crippen molar-refractivity contribution < 1.29 is 22.3 Å². The number of anilines is 1. The van der Waals surface area contributed by atoms with Crippen LogP contribution in [-0.4, -0.2) is 9.97 Å². The molecule has 0 fully saturated rings. The van der Waals surface area contributed by atoms with E-state index >= 15 is 0 Å². The molecular formula is C11H7BrF4N4O. The monoisotopic (exact) mass is 366 g/mol. The fourth-order valence-electron chi connectivity index (χ4n) is 1.35. The third-order valence-corrected chi connectivity index (χ3v) is 2.87. The van der Waals surface area contributed by atoms with E-state index in [9.17, 15) is 17.6 Å². The standard InChI is InChI=1S/C11H7BrF4N4O/c12-6-2-1-5(13)3-7(6)21-9-4-8(20-17)18-10(19-9)11(14,15)16/h1-4H,17H2,(H,18,19,20). The number of hydrogen-bond acceptors (Lipinski definition) is 5. The van der Waals surface area contributed by atoms with E-state index in [1.54, 1.807) is 0 Å². The van der Waals surface area contributed by atoms with Crippen molar-refractivity contribution in [1.29, 1.82) is 0 Å². The largest absolute Gasteiger partial charge is 0.451 e. The van der Waals surface area contributed by atoms with E-state index in [1.165, 1.54) is 6.07 Å². The minimum Gasteiger partial charge on any atom is -0.438 e. The molecule has 0 amide bonds. The molecule has 0 saturated heterocycles. The smallest absolute Gasteiger partial charge is 0.438 e. The third kappa shape index (κ3) is 3.79. The topological polar surface area (TPSA) is 73.1 Å². The van der Waals surface area contributed by atoms with Crippen molar-refractivity contribution in [3.8, 4) is 11.6 Å². The molecule has 0 atom stereocenters. The van der Waals surface area contributed by atoms with Gasteiger partial charge in [-0.1, -0.05) is 0 Å². The van der Waals surface area contributed by atoms with Crippen molar-refractivity contribution in [2.75, 3.05) is 5.43 Å². The summed E-state index contributed by atoms with van der Waals surface area (Å²) < 4.78 is 56.5. The molecule has 5 nitrogen and oxygen atoms in total. The highest BCUT2D eigenvalue weighted by atomic mass is 79.9. The van der Waals surface area contributed by atoms with E-state index < -0.39 is 23.7 Å². The summed E-state index contributed by atoms with van der Waals surface area (Å²) >= 11 is 3.08. The molecule has 0 unspecified atom stereocenters. The van der Waals surface area contributed by atoms with Gasteiger partial charge in [0.25, 0.3) is 0 Å². The van der Waals surface area contributed by atoms with Crippen LogP contribution in [0, 0.1) is 5.82 Å². The van der Waals surface area contributed by atoms with Crippen molar-refractivity contribution in [3.05, 3.63) is 40.4 Å². The van der Waals surface area contributed by atoms with Crippen molar-refractivity contribution >= 4 is 21.7 Å². The van der Waals surface area contributed by atoms with Crippen LogP contribution in [0.15, 0.2) is 28.7 Å². The van der Waals surface area contributed by atoms with Crippen LogP contribution in [0.3, 0.4) is 0 Å². The van der Waals surface area contributed by atoms with Gasteiger partial charge in [0, 0.05) is 12.1 Å². The van der Waals surface area contributed by atoms with Gasteiger partial charge in [-0.3, -0.25) is 0 Å². The number of hydrazine groups is 1. The Balaban J connectivity index is 2.42. The number of hydrogen-bond donors (Lipinski definition) is 2. The normalized spacial score (nSPS) is 11.3. The Labute approximate surface area is 124 Å². The van der Waals surface area contributed by atoms with Crippen molar-refractivity contribution in [3.63, 3.8) is 0 Å². The lowest BCUT2D eigenvalue weighted by molar-refractivity contribution is -0.145. The molecule has 10 heteroatoms. The molecule has 0 radical (unpaired) electrons. The van der Waals surface area contributed by atoms with Gasteiger partial charge in [0.05, 0.1) is 4.47 Å². The van der Waals surface area contributed by atoms with Gasteiger partial charge in [-0.15, -0.1) is 0 Å². The van der Waals surface area contributed by atoms with Gasteiger partial charge < -0.3 is 10.2 Å². The summed E-state index contributed by atoms with van der Waals surface area (Å²) in [5.41, 5.74) is 1.97. The quantitative estimate of drug-likeness (QED) is 0.494. The predicted molar refractivity (Wildman–Crippen MR) is 69.0 cm³/mol. The van der Waals surface area contributed by atoms with Crippen molar-refractivity contribution in [1.82, 2.24) is 9.97 Å². The van der Waals surface area contributed by atoms with Crippen LogP contribution in [-0.2, 0) is 6.18 Å². The summed E-state index contributed by atoms with van der Waals surface area (Å²) in [6.07, 6.45) is -4.77. The zero-order valence-corrected chi connectivity index (χ0v) is 11.7. The van der Waals surface area contributed by atoms with Crippen LogP contribution in [0.5, 0.6) is 11.6 Å². The maximum Gasteiger partial charge on any atom is 0.451 e. The van der Waals surface area contributed by atoms with E-state index in [-0.39, 0.29) is 11.6 Å². The van der Waals surface area contributed by atoms with Gasteiger partial charge in [-0.25, -0.2) is 15.2 Å². The molecule has 0 saturated carbocycles. The summed E-state index contributed by atoms with van der Waals surface area (Å²) in [5, 5.41) is 0. The number of benzene rings is 1. The van der Waals surface area contributed by atoms with Crippen LogP contribution in [0.4, 0.5) is 23.4 Å². The van der Waals surface area contributed by atoms with Gasteiger partial charge in [0.2, 0.25) is 11.7 Å². The van der Waals surface area contributed by atoms with Crippen LogP contribution in [0.25, 0.3) is 0 Å². The fraction of sp³-hybridized carbons (Fsp3) is 0.0909. The first-order valence-corrected chi connectivity index (χ1v) is 6.14. The number of nitrogens with zero attached hydrogens (tertiary/aromatic N) is 2. The number of nitrogen functional groups attached to an aromatic ring is 1. The number of nitrogens with two attached hydrogens (primary N) is 1. The van der Waals surface area contributed by atoms with E-state index in [4.69, 9.17) is 10.6 Å². The number of ether oxygens (including phenoxy) is 1. The Morgan fingerprint density at radius 2 is 1.90 bits per heavy atom. The maximum absolute atomic E-state index is 13.1. The zero-order valence-electron chi connectivity index (χ0n) is 10.1. The molecule has 0 aliphatic heterocycles. The van der Waals surface area contributed by atoms with E-state index in [1.807, 2.05) is 5.43 Å². The van der Waals surface area contributed by atoms with E-state index in [2.05, 4.69) is 25.9 Å². The third-order valence-electron chi connectivity index (χ3n) is 2.21. The molecule has 21 heavy (non-hydrogen) atoms. The van der Waals surface area contributed by atoms with E-state index in [0.717, 1.165) is 18.2 Å². The predicted octanol–water partition coefficient (Wildman–Crippen LogP) is 3.47. The molecule has 1 aromatic carbocycles. The van der Waals surface area contributed by atoms with Crippen LogP contribution in [0.2, 0.25) is 0 Å². The number of halogens is 5. The number of aromatic nitrogens is 2. The second-order valence-corrected chi connectivity index (χ2v) is 4.59. The van der Waals surface area contributed by atoms with Gasteiger partial charge in [0.15, 0.2) is 0 Å². The van der Waals surface area contributed by atoms with Crippen LogP contribution >= 0.6 is 15.9 Å². The first-order valence-electron chi connectivity index (χ1n) is 5.35. The molecule has 2 aromatic rings. The lowest BCUT2D eigenvalue weighted by Crippen LogP contribution is -2.16. The summed E-state index contributed by atoms with van der Waals surface area (Å²) in [6, 6.07) is 4.55. The zero-order chi connectivity index (χ0) is 15.6. The minimum absolute atomic E-state index is 0.0372. The second kappa shape index (κ2) is 5.82. The van der Waals surface area contributed by atoms with Crippen LogP contribution in [0.1, 0.15) is 5.82 Å². The molecule has 0 aliphatic rings. The Morgan fingerprint density at radius 1 is 1.19 bits per heavy atom. The van der Waals surface area contributed by atoms with Gasteiger partial charge in [-0.05, 0) is 28.1 Å².